The predicted molar refractivity (Wildman–Crippen MR) is 103 cm³/mol. The average Bonchev–Trinajstić information content (AvgIpc) is 3.10. The van der Waals surface area contributed by atoms with E-state index in [1.165, 1.54) is 0 Å². The van der Waals surface area contributed by atoms with Gasteiger partial charge in [0.1, 0.15) is 6.04 Å². The van der Waals surface area contributed by atoms with Gasteiger partial charge in [0.25, 0.3) is 0 Å². The van der Waals surface area contributed by atoms with Crippen LogP contribution >= 0.6 is 0 Å². The fourth-order valence-electron chi connectivity index (χ4n) is 3.62. The van der Waals surface area contributed by atoms with Crippen LogP contribution in [0.25, 0.3) is 5.57 Å². The third-order valence-corrected chi connectivity index (χ3v) is 4.84. The zero-order valence-corrected chi connectivity index (χ0v) is 15.0. The predicted octanol–water partition coefficient (Wildman–Crippen LogP) is 2.14. The molecule has 2 aliphatic heterocycles. The molecule has 2 heterocycles. The smallest absolute Gasteiger partial charge is 0.338 e. The molecule has 0 radical (unpaired) electrons. The molecule has 6 heteroatoms. The van der Waals surface area contributed by atoms with Gasteiger partial charge in [-0.25, -0.2) is 4.79 Å². The zero-order valence-electron chi connectivity index (χ0n) is 15.0. The van der Waals surface area contributed by atoms with E-state index in [-0.39, 0.29) is 24.0 Å². The summed E-state index contributed by atoms with van der Waals surface area (Å²) in [6.07, 6.45) is 1.99. The standard InChI is InChI=1S/C21H21N3O3/c1-2-27-21(26)15-8-6-7-14(11-15)17-12-24(16-9-4-3-5-10-16)19-18(17)22-13-23-20(19)25/h3-12,18-19,22H,2,13H2,1H3,(H,23,25). The highest BCUT2D eigenvalue weighted by molar-refractivity contribution is 5.96. The number of rotatable bonds is 4. The lowest BCUT2D eigenvalue weighted by atomic mass is 9.94. The van der Waals surface area contributed by atoms with Gasteiger partial charge < -0.3 is 15.0 Å². The van der Waals surface area contributed by atoms with Crippen LogP contribution < -0.4 is 15.5 Å². The summed E-state index contributed by atoms with van der Waals surface area (Å²) in [4.78, 5) is 26.7. The Kier molecular flexibility index (Phi) is 4.64. The van der Waals surface area contributed by atoms with Crippen molar-refractivity contribution in [3.8, 4) is 0 Å². The number of para-hydroxylation sites is 1. The number of amides is 1. The van der Waals surface area contributed by atoms with Crippen LogP contribution in [0.2, 0.25) is 0 Å². The zero-order chi connectivity index (χ0) is 18.8. The molecule has 1 amide bonds. The summed E-state index contributed by atoms with van der Waals surface area (Å²) in [5, 5.41) is 6.25. The second-order valence-corrected chi connectivity index (χ2v) is 6.47. The molecule has 0 bridgehead atoms. The molecule has 2 unspecified atom stereocenters. The van der Waals surface area contributed by atoms with Gasteiger partial charge in [-0.05, 0) is 42.3 Å². The van der Waals surface area contributed by atoms with Crippen molar-refractivity contribution in [3.05, 3.63) is 71.9 Å². The van der Waals surface area contributed by atoms with Crippen molar-refractivity contribution in [2.24, 2.45) is 0 Å². The molecule has 2 aliphatic rings. The Morgan fingerprint density at radius 3 is 2.78 bits per heavy atom. The van der Waals surface area contributed by atoms with Crippen LogP contribution in [-0.2, 0) is 9.53 Å². The number of esters is 1. The molecule has 0 aliphatic carbocycles. The minimum Gasteiger partial charge on any atom is -0.462 e. The van der Waals surface area contributed by atoms with Gasteiger partial charge in [0, 0.05) is 11.9 Å². The van der Waals surface area contributed by atoms with Gasteiger partial charge in [0.05, 0.1) is 24.9 Å². The second-order valence-electron chi connectivity index (χ2n) is 6.47. The number of ether oxygens (including phenoxy) is 1. The van der Waals surface area contributed by atoms with Gasteiger partial charge in [-0.15, -0.1) is 0 Å². The van der Waals surface area contributed by atoms with Gasteiger partial charge in [-0.1, -0.05) is 30.3 Å². The molecule has 1 fully saturated rings. The van der Waals surface area contributed by atoms with Crippen molar-refractivity contribution in [1.82, 2.24) is 10.6 Å². The second kappa shape index (κ2) is 7.25. The monoisotopic (exact) mass is 363 g/mol. The fraction of sp³-hybridized carbons (Fsp3) is 0.238. The Bertz CT molecular complexity index is 895. The molecular formula is C21H21N3O3. The topological polar surface area (TPSA) is 70.7 Å². The number of nitrogens with zero attached hydrogens (tertiary/aromatic N) is 1. The number of hydrogen-bond acceptors (Lipinski definition) is 5. The minimum absolute atomic E-state index is 0.0181. The molecule has 0 aromatic heterocycles. The largest absolute Gasteiger partial charge is 0.462 e. The van der Waals surface area contributed by atoms with Crippen molar-refractivity contribution >= 4 is 23.1 Å². The van der Waals surface area contributed by atoms with Crippen molar-refractivity contribution in [2.45, 2.75) is 19.0 Å². The van der Waals surface area contributed by atoms with E-state index in [1.807, 2.05) is 59.6 Å². The van der Waals surface area contributed by atoms with Crippen molar-refractivity contribution in [3.63, 3.8) is 0 Å². The summed E-state index contributed by atoms with van der Waals surface area (Å²) in [7, 11) is 0. The van der Waals surface area contributed by atoms with E-state index in [0.717, 1.165) is 16.8 Å². The Morgan fingerprint density at radius 1 is 1.19 bits per heavy atom. The molecule has 6 nitrogen and oxygen atoms in total. The minimum atomic E-state index is -0.373. The number of hydrogen-bond donors (Lipinski definition) is 2. The summed E-state index contributed by atoms with van der Waals surface area (Å²) < 4.78 is 5.11. The maximum Gasteiger partial charge on any atom is 0.338 e. The first-order valence-electron chi connectivity index (χ1n) is 9.03. The van der Waals surface area contributed by atoms with Crippen LogP contribution in [0.4, 0.5) is 5.69 Å². The van der Waals surface area contributed by atoms with E-state index in [2.05, 4.69) is 10.6 Å². The van der Waals surface area contributed by atoms with Crippen molar-refractivity contribution in [1.29, 1.82) is 0 Å². The van der Waals surface area contributed by atoms with Crippen molar-refractivity contribution in [2.75, 3.05) is 18.2 Å². The summed E-state index contributed by atoms with van der Waals surface area (Å²) in [5.41, 5.74) is 3.33. The summed E-state index contributed by atoms with van der Waals surface area (Å²) in [5.74, 6) is -0.362. The van der Waals surface area contributed by atoms with Gasteiger partial charge in [0.15, 0.2) is 0 Å². The first-order valence-corrected chi connectivity index (χ1v) is 9.03. The Balaban J connectivity index is 1.74. The van der Waals surface area contributed by atoms with Gasteiger partial charge in [0.2, 0.25) is 5.91 Å². The van der Waals surface area contributed by atoms with E-state index in [9.17, 15) is 9.59 Å². The lowest BCUT2D eigenvalue weighted by Gasteiger charge is -2.33. The Labute approximate surface area is 157 Å². The van der Waals surface area contributed by atoms with Crippen molar-refractivity contribution < 1.29 is 14.3 Å². The highest BCUT2D eigenvalue weighted by Gasteiger charge is 2.43. The van der Waals surface area contributed by atoms with E-state index < -0.39 is 0 Å². The summed E-state index contributed by atoms with van der Waals surface area (Å²) in [6.45, 7) is 2.53. The normalized spacial score (nSPS) is 21.3. The highest BCUT2D eigenvalue weighted by atomic mass is 16.5. The third kappa shape index (κ3) is 3.19. The number of benzene rings is 2. The Morgan fingerprint density at radius 2 is 2.00 bits per heavy atom. The fourth-order valence-corrected chi connectivity index (χ4v) is 3.62. The number of anilines is 1. The molecule has 4 rings (SSSR count). The highest BCUT2D eigenvalue weighted by Crippen LogP contribution is 2.35. The third-order valence-electron chi connectivity index (χ3n) is 4.84. The lowest BCUT2D eigenvalue weighted by Crippen LogP contribution is -2.61. The van der Waals surface area contributed by atoms with Crippen LogP contribution in [0.3, 0.4) is 0 Å². The van der Waals surface area contributed by atoms with E-state index in [4.69, 9.17) is 4.74 Å². The molecule has 2 aromatic rings. The first-order chi connectivity index (χ1) is 13.2. The Hall–Kier alpha value is -3.12. The molecule has 27 heavy (non-hydrogen) atoms. The lowest BCUT2D eigenvalue weighted by molar-refractivity contribution is -0.123. The molecule has 2 aromatic carbocycles. The summed E-state index contributed by atoms with van der Waals surface area (Å²) in [6, 6.07) is 16.6. The maximum absolute atomic E-state index is 12.6. The average molecular weight is 363 g/mol. The first kappa shape index (κ1) is 17.3. The van der Waals surface area contributed by atoms with Gasteiger partial charge in [-0.2, -0.15) is 0 Å². The summed E-state index contributed by atoms with van der Waals surface area (Å²) >= 11 is 0. The quantitative estimate of drug-likeness (QED) is 0.815. The van der Waals surface area contributed by atoms with Gasteiger partial charge >= 0.3 is 5.97 Å². The molecule has 0 spiro atoms. The van der Waals surface area contributed by atoms with E-state index in [1.54, 1.807) is 13.0 Å². The number of carbonyl (C=O) groups is 2. The van der Waals surface area contributed by atoms with E-state index >= 15 is 0 Å². The SMILES string of the molecule is CCOC(=O)c1cccc(C2=CN(c3ccccc3)C3C(=O)NCNC23)c1. The molecule has 1 saturated heterocycles. The van der Waals surface area contributed by atoms with Gasteiger partial charge in [-0.3, -0.25) is 10.1 Å². The molecule has 2 N–H and O–H groups in total. The van der Waals surface area contributed by atoms with Crippen LogP contribution in [0.1, 0.15) is 22.8 Å². The van der Waals surface area contributed by atoms with Crippen LogP contribution in [0.5, 0.6) is 0 Å². The number of carbonyl (C=O) groups excluding carboxylic acids is 2. The molecule has 0 saturated carbocycles. The molecular weight excluding hydrogens is 342 g/mol. The number of fused-ring (bicyclic) bond motifs is 1. The molecule has 138 valence electrons. The van der Waals surface area contributed by atoms with Crippen LogP contribution in [0.15, 0.2) is 60.8 Å². The molecule has 2 atom stereocenters. The number of nitrogens with one attached hydrogen (secondary N) is 2. The van der Waals surface area contributed by atoms with Crippen LogP contribution in [-0.4, -0.2) is 37.2 Å². The van der Waals surface area contributed by atoms with Crippen LogP contribution in [0, 0.1) is 0 Å². The maximum atomic E-state index is 12.6. The van der Waals surface area contributed by atoms with E-state index in [0.29, 0.717) is 18.8 Å².